The van der Waals surface area contributed by atoms with Gasteiger partial charge in [-0.3, -0.25) is 15.6 Å². The lowest BCUT2D eigenvalue weighted by molar-refractivity contribution is 0.0962. The van der Waals surface area contributed by atoms with E-state index < -0.39 is 11.7 Å². The van der Waals surface area contributed by atoms with Gasteiger partial charge in [-0.25, -0.2) is 9.37 Å². The summed E-state index contributed by atoms with van der Waals surface area (Å²) in [6.45, 7) is 0.252. The average molecular weight is 338 g/mol. The Morgan fingerprint density at radius 2 is 1.72 bits per heavy atom. The van der Waals surface area contributed by atoms with E-state index in [2.05, 4.69) is 20.8 Å². The number of hydrogen-bond acceptors (Lipinski definition) is 5. The highest BCUT2D eigenvalue weighted by Gasteiger charge is 2.10. The molecule has 0 spiro atoms. The van der Waals surface area contributed by atoms with Gasteiger partial charge in [-0.05, 0) is 17.7 Å². The Morgan fingerprint density at radius 1 is 1.04 bits per heavy atom. The third-order valence-electron chi connectivity index (χ3n) is 3.26. The second-order valence-electron chi connectivity index (χ2n) is 5.07. The standard InChI is InChI=1S/C18H15FN4O2/c19-15-11-20-18(25-12-13-7-3-1-4-8-13)21-16(15)22-23-17(24)14-9-5-2-6-10-14/h1-11H,12H2,(H,23,24)(H,20,21,22). The van der Waals surface area contributed by atoms with Gasteiger partial charge < -0.3 is 4.74 Å². The predicted octanol–water partition coefficient (Wildman–Crippen LogP) is 2.95. The van der Waals surface area contributed by atoms with Gasteiger partial charge in [0, 0.05) is 5.56 Å². The number of nitrogens with one attached hydrogen (secondary N) is 2. The fourth-order valence-electron chi connectivity index (χ4n) is 2.01. The molecule has 0 aliphatic carbocycles. The van der Waals surface area contributed by atoms with E-state index in [1.165, 1.54) is 0 Å². The number of ether oxygens (including phenoxy) is 1. The molecule has 7 heteroatoms. The number of rotatable bonds is 6. The Morgan fingerprint density at radius 3 is 2.44 bits per heavy atom. The van der Waals surface area contributed by atoms with E-state index in [1.807, 2.05) is 30.3 Å². The average Bonchev–Trinajstić information content (AvgIpc) is 2.67. The molecule has 0 unspecified atom stereocenters. The lowest BCUT2D eigenvalue weighted by Gasteiger charge is -2.10. The van der Waals surface area contributed by atoms with E-state index in [-0.39, 0.29) is 18.4 Å². The maximum absolute atomic E-state index is 13.8. The second-order valence-corrected chi connectivity index (χ2v) is 5.07. The molecule has 0 saturated heterocycles. The van der Waals surface area contributed by atoms with Crippen LogP contribution in [-0.2, 0) is 6.61 Å². The van der Waals surface area contributed by atoms with Gasteiger partial charge in [0.1, 0.15) is 6.61 Å². The summed E-state index contributed by atoms with van der Waals surface area (Å²) in [6, 6.07) is 18.0. The van der Waals surface area contributed by atoms with Gasteiger partial charge in [-0.1, -0.05) is 48.5 Å². The summed E-state index contributed by atoms with van der Waals surface area (Å²) in [5, 5.41) is 0. The molecule has 0 atom stereocenters. The van der Waals surface area contributed by atoms with Gasteiger partial charge in [0.05, 0.1) is 6.20 Å². The number of aromatic nitrogens is 2. The Kier molecular flexibility index (Phi) is 5.16. The van der Waals surface area contributed by atoms with Crippen molar-refractivity contribution in [2.24, 2.45) is 0 Å². The number of hydrogen-bond donors (Lipinski definition) is 2. The zero-order valence-electron chi connectivity index (χ0n) is 13.1. The second kappa shape index (κ2) is 7.87. The first kappa shape index (κ1) is 16.4. The Labute approximate surface area is 143 Å². The van der Waals surface area contributed by atoms with Crippen LogP contribution in [0.5, 0.6) is 6.01 Å². The van der Waals surface area contributed by atoms with Crippen LogP contribution >= 0.6 is 0 Å². The number of carbonyl (C=O) groups is 1. The van der Waals surface area contributed by atoms with Crippen LogP contribution < -0.4 is 15.6 Å². The highest BCUT2D eigenvalue weighted by Crippen LogP contribution is 2.14. The molecule has 1 amide bonds. The van der Waals surface area contributed by atoms with Crippen LogP contribution in [0.25, 0.3) is 0 Å². The van der Waals surface area contributed by atoms with Crippen LogP contribution in [-0.4, -0.2) is 15.9 Å². The molecule has 3 rings (SSSR count). The van der Waals surface area contributed by atoms with Crippen LogP contribution in [0, 0.1) is 5.82 Å². The lowest BCUT2D eigenvalue weighted by Crippen LogP contribution is -2.30. The molecule has 0 fully saturated rings. The molecular formula is C18H15FN4O2. The van der Waals surface area contributed by atoms with Crippen LogP contribution in [0.4, 0.5) is 10.2 Å². The topological polar surface area (TPSA) is 76.1 Å². The van der Waals surface area contributed by atoms with Crippen LogP contribution in [0.15, 0.2) is 66.9 Å². The molecule has 2 aromatic carbocycles. The highest BCUT2D eigenvalue weighted by atomic mass is 19.1. The third kappa shape index (κ3) is 4.51. The maximum atomic E-state index is 13.8. The molecule has 2 N–H and O–H groups in total. The molecule has 1 aromatic heterocycles. The number of amides is 1. The number of halogens is 1. The summed E-state index contributed by atoms with van der Waals surface area (Å²) < 4.78 is 19.2. The van der Waals surface area contributed by atoms with E-state index in [1.54, 1.807) is 30.3 Å². The number of carbonyl (C=O) groups excluding carboxylic acids is 1. The van der Waals surface area contributed by atoms with Crippen molar-refractivity contribution in [3.05, 3.63) is 83.8 Å². The minimum atomic E-state index is -0.708. The summed E-state index contributed by atoms with van der Waals surface area (Å²) in [7, 11) is 0. The molecule has 0 aliphatic heterocycles. The van der Waals surface area contributed by atoms with E-state index in [0.29, 0.717) is 5.56 Å². The fraction of sp³-hybridized carbons (Fsp3) is 0.0556. The summed E-state index contributed by atoms with van der Waals surface area (Å²) in [4.78, 5) is 19.7. The SMILES string of the molecule is O=C(NNc1nc(OCc2ccccc2)ncc1F)c1ccccc1. The van der Waals surface area contributed by atoms with Crippen molar-refractivity contribution >= 4 is 11.7 Å². The van der Waals surface area contributed by atoms with Crippen molar-refractivity contribution in [3.8, 4) is 6.01 Å². The lowest BCUT2D eigenvalue weighted by atomic mass is 10.2. The van der Waals surface area contributed by atoms with Crippen molar-refractivity contribution in [2.75, 3.05) is 5.43 Å². The summed E-state index contributed by atoms with van der Waals surface area (Å²) in [6.07, 6.45) is 0.977. The molecule has 25 heavy (non-hydrogen) atoms. The van der Waals surface area contributed by atoms with Crippen molar-refractivity contribution in [1.29, 1.82) is 0 Å². The Bertz CT molecular complexity index is 844. The van der Waals surface area contributed by atoms with E-state index >= 15 is 0 Å². The number of benzene rings is 2. The summed E-state index contributed by atoms with van der Waals surface area (Å²) in [5.74, 6) is -1.30. The molecule has 3 aromatic rings. The quantitative estimate of drug-likeness (QED) is 0.676. The van der Waals surface area contributed by atoms with Crippen LogP contribution in [0.3, 0.4) is 0 Å². The zero-order valence-corrected chi connectivity index (χ0v) is 13.1. The van der Waals surface area contributed by atoms with Gasteiger partial charge in [0.15, 0.2) is 11.6 Å². The van der Waals surface area contributed by atoms with Crippen LogP contribution in [0.1, 0.15) is 15.9 Å². The smallest absolute Gasteiger partial charge is 0.318 e. The molecule has 126 valence electrons. The van der Waals surface area contributed by atoms with Gasteiger partial charge in [-0.2, -0.15) is 4.98 Å². The number of anilines is 1. The Hall–Kier alpha value is -3.48. The van der Waals surface area contributed by atoms with Gasteiger partial charge in [0.25, 0.3) is 5.91 Å². The third-order valence-corrected chi connectivity index (χ3v) is 3.26. The first-order valence-electron chi connectivity index (χ1n) is 7.53. The molecule has 0 aliphatic rings. The number of hydrazine groups is 1. The van der Waals surface area contributed by atoms with Crippen LogP contribution in [0.2, 0.25) is 0 Å². The summed E-state index contributed by atoms with van der Waals surface area (Å²) in [5.41, 5.74) is 6.19. The van der Waals surface area contributed by atoms with Crippen molar-refractivity contribution in [1.82, 2.24) is 15.4 Å². The van der Waals surface area contributed by atoms with E-state index in [4.69, 9.17) is 4.74 Å². The number of nitrogens with zero attached hydrogens (tertiary/aromatic N) is 2. The predicted molar refractivity (Wildman–Crippen MR) is 90.3 cm³/mol. The first-order valence-corrected chi connectivity index (χ1v) is 7.53. The van der Waals surface area contributed by atoms with Crippen molar-refractivity contribution in [2.45, 2.75) is 6.61 Å². The monoisotopic (exact) mass is 338 g/mol. The van der Waals surface area contributed by atoms with E-state index in [9.17, 15) is 9.18 Å². The van der Waals surface area contributed by atoms with Crippen molar-refractivity contribution in [3.63, 3.8) is 0 Å². The first-order chi connectivity index (χ1) is 12.2. The molecule has 0 bridgehead atoms. The minimum Gasteiger partial charge on any atom is -0.459 e. The molecule has 1 heterocycles. The zero-order chi connectivity index (χ0) is 17.5. The maximum Gasteiger partial charge on any atom is 0.318 e. The molecular weight excluding hydrogens is 323 g/mol. The van der Waals surface area contributed by atoms with Crippen molar-refractivity contribution < 1.29 is 13.9 Å². The van der Waals surface area contributed by atoms with E-state index in [0.717, 1.165) is 11.8 Å². The minimum absolute atomic E-state index is 0.00159. The van der Waals surface area contributed by atoms with Gasteiger partial charge in [-0.15, -0.1) is 0 Å². The molecule has 0 saturated carbocycles. The normalized spacial score (nSPS) is 10.1. The molecule has 0 radical (unpaired) electrons. The molecule has 6 nitrogen and oxygen atoms in total. The highest BCUT2D eigenvalue weighted by molar-refractivity contribution is 5.94. The van der Waals surface area contributed by atoms with Gasteiger partial charge >= 0.3 is 6.01 Å². The van der Waals surface area contributed by atoms with Gasteiger partial charge in [0.2, 0.25) is 0 Å². The Balaban J connectivity index is 1.62. The largest absolute Gasteiger partial charge is 0.459 e. The summed E-state index contributed by atoms with van der Waals surface area (Å²) >= 11 is 0. The fourth-order valence-corrected chi connectivity index (χ4v) is 2.01.